The molecule has 1 saturated heterocycles. The first-order chi connectivity index (χ1) is 8.84. The molecule has 1 heterocycles. The summed E-state index contributed by atoms with van der Waals surface area (Å²) < 4.78 is 5.73. The molecule has 3 atom stereocenters. The standard InChI is InChI=1S/C16H21BrO/c17-16-13(9-10-14-5-3-11-18-14)8-7-12-4-1-2-6-15(12)16/h1-2,4,6,13-14,16H,3,5,7-11H2. The van der Waals surface area contributed by atoms with E-state index in [1.54, 1.807) is 0 Å². The number of alkyl halides is 1. The Morgan fingerprint density at radius 2 is 2.06 bits per heavy atom. The topological polar surface area (TPSA) is 9.23 Å². The van der Waals surface area contributed by atoms with Crippen LogP contribution < -0.4 is 0 Å². The lowest BCUT2D eigenvalue weighted by Crippen LogP contribution is -2.18. The predicted octanol–water partition coefficient (Wildman–Crippen LogP) is 4.64. The molecule has 18 heavy (non-hydrogen) atoms. The summed E-state index contributed by atoms with van der Waals surface area (Å²) in [5, 5.41) is 0. The number of hydrogen-bond acceptors (Lipinski definition) is 1. The van der Waals surface area contributed by atoms with Gasteiger partial charge in [-0.15, -0.1) is 0 Å². The summed E-state index contributed by atoms with van der Waals surface area (Å²) in [7, 11) is 0. The SMILES string of the molecule is BrC1c2ccccc2CCC1CCC1CCCO1. The van der Waals surface area contributed by atoms with Crippen LogP contribution in [0.2, 0.25) is 0 Å². The average Bonchev–Trinajstić information content (AvgIpc) is 2.91. The quantitative estimate of drug-likeness (QED) is 0.739. The van der Waals surface area contributed by atoms with Gasteiger partial charge in [-0.1, -0.05) is 40.2 Å². The Bertz CT molecular complexity index is 398. The van der Waals surface area contributed by atoms with Crippen LogP contribution in [0, 0.1) is 5.92 Å². The van der Waals surface area contributed by atoms with E-state index in [0.717, 1.165) is 12.5 Å². The van der Waals surface area contributed by atoms with Gasteiger partial charge in [-0.05, 0) is 55.6 Å². The first-order valence-corrected chi connectivity index (χ1v) is 8.09. The highest BCUT2D eigenvalue weighted by molar-refractivity contribution is 9.09. The van der Waals surface area contributed by atoms with Gasteiger partial charge in [0, 0.05) is 11.4 Å². The van der Waals surface area contributed by atoms with Crippen molar-refractivity contribution in [3.05, 3.63) is 35.4 Å². The van der Waals surface area contributed by atoms with Gasteiger partial charge in [0.05, 0.1) is 6.10 Å². The molecule has 0 N–H and O–H groups in total. The van der Waals surface area contributed by atoms with Crippen LogP contribution in [0.1, 0.15) is 48.1 Å². The molecule has 1 aliphatic heterocycles. The molecule has 98 valence electrons. The Hall–Kier alpha value is -0.340. The zero-order valence-corrected chi connectivity index (χ0v) is 12.4. The minimum Gasteiger partial charge on any atom is -0.378 e. The number of rotatable bonds is 3. The van der Waals surface area contributed by atoms with E-state index in [1.165, 1.54) is 49.7 Å². The summed E-state index contributed by atoms with van der Waals surface area (Å²) >= 11 is 3.92. The fourth-order valence-corrected chi connectivity index (χ4v) is 4.31. The van der Waals surface area contributed by atoms with Gasteiger partial charge >= 0.3 is 0 Å². The third kappa shape index (κ3) is 2.65. The lowest BCUT2D eigenvalue weighted by Gasteiger charge is -2.30. The molecular weight excluding hydrogens is 288 g/mol. The van der Waals surface area contributed by atoms with Gasteiger partial charge in [-0.25, -0.2) is 0 Å². The number of halogens is 1. The summed E-state index contributed by atoms with van der Waals surface area (Å²) in [5.41, 5.74) is 3.05. The van der Waals surface area contributed by atoms with Crippen molar-refractivity contribution in [3.8, 4) is 0 Å². The van der Waals surface area contributed by atoms with E-state index < -0.39 is 0 Å². The Morgan fingerprint density at radius 3 is 2.89 bits per heavy atom. The second-order valence-corrected chi connectivity index (χ2v) is 6.60. The van der Waals surface area contributed by atoms with E-state index >= 15 is 0 Å². The van der Waals surface area contributed by atoms with E-state index in [2.05, 4.69) is 40.2 Å². The Morgan fingerprint density at radius 1 is 1.17 bits per heavy atom. The second kappa shape index (κ2) is 5.75. The Balaban J connectivity index is 1.61. The number of fused-ring (bicyclic) bond motifs is 1. The average molecular weight is 309 g/mol. The molecule has 0 bridgehead atoms. The molecule has 1 nitrogen and oxygen atoms in total. The van der Waals surface area contributed by atoms with Crippen molar-refractivity contribution in [1.29, 1.82) is 0 Å². The third-order valence-corrected chi connectivity index (χ3v) is 5.67. The van der Waals surface area contributed by atoms with Crippen LogP contribution in [0.5, 0.6) is 0 Å². The summed E-state index contributed by atoms with van der Waals surface area (Å²) in [4.78, 5) is 0.545. The maximum Gasteiger partial charge on any atom is 0.0576 e. The highest BCUT2D eigenvalue weighted by Gasteiger charge is 2.28. The molecule has 1 fully saturated rings. The molecule has 0 radical (unpaired) electrons. The highest BCUT2D eigenvalue weighted by atomic mass is 79.9. The summed E-state index contributed by atoms with van der Waals surface area (Å²) in [5.74, 6) is 0.782. The highest BCUT2D eigenvalue weighted by Crippen LogP contribution is 2.43. The van der Waals surface area contributed by atoms with Crippen LogP contribution >= 0.6 is 15.9 Å². The first kappa shape index (κ1) is 12.7. The maximum absolute atomic E-state index is 5.73. The van der Waals surface area contributed by atoms with E-state index in [0.29, 0.717) is 10.9 Å². The Kier molecular flexibility index (Phi) is 4.05. The van der Waals surface area contributed by atoms with E-state index in [4.69, 9.17) is 4.74 Å². The van der Waals surface area contributed by atoms with Crippen molar-refractivity contribution < 1.29 is 4.74 Å². The molecule has 0 amide bonds. The molecule has 1 aliphatic carbocycles. The van der Waals surface area contributed by atoms with Crippen molar-refractivity contribution in [2.75, 3.05) is 6.61 Å². The molecule has 1 aromatic rings. The number of hydrogen-bond donors (Lipinski definition) is 0. The van der Waals surface area contributed by atoms with E-state index in [9.17, 15) is 0 Å². The number of aryl methyl sites for hydroxylation is 1. The molecule has 0 aromatic heterocycles. The van der Waals surface area contributed by atoms with Crippen molar-refractivity contribution in [2.45, 2.75) is 49.5 Å². The van der Waals surface area contributed by atoms with Crippen LogP contribution in [0.15, 0.2) is 24.3 Å². The van der Waals surface area contributed by atoms with Crippen LogP contribution in [-0.2, 0) is 11.2 Å². The van der Waals surface area contributed by atoms with E-state index in [1.807, 2.05) is 0 Å². The Labute approximate surface area is 118 Å². The van der Waals surface area contributed by atoms with Gasteiger partial charge in [0.25, 0.3) is 0 Å². The first-order valence-electron chi connectivity index (χ1n) is 7.18. The summed E-state index contributed by atoms with van der Waals surface area (Å²) in [6.07, 6.45) is 8.19. The maximum atomic E-state index is 5.73. The van der Waals surface area contributed by atoms with Gasteiger partial charge in [0.2, 0.25) is 0 Å². The fraction of sp³-hybridized carbons (Fsp3) is 0.625. The van der Waals surface area contributed by atoms with Crippen LogP contribution in [0.25, 0.3) is 0 Å². The van der Waals surface area contributed by atoms with Crippen LogP contribution in [0.3, 0.4) is 0 Å². The van der Waals surface area contributed by atoms with Gasteiger partial charge in [0.1, 0.15) is 0 Å². The molecular formula is C16H21BrO. The van der Waals surface area contributed by atoms with Gasteiger partial charge in [-0.2, -0.15) is 0 Å². The molecule has 0 spiro atoms. The number of ether oxygens (including phenoxy) is 1. The normalized spacial score (nSPS) is 31.3. The minimum atomic E-state index is 0.543. The fourth-order valence-electron chi connectivity index (χ4n) is 3.33. The predicted molar refractivity (Wildman–Crippen MR) is 78.1 cm³/mol. The lowest BCUT2D eigenvalue weighted by molar-refractivity contribution is 0.0972. The van der Waals surface area contributed by atoms with E-state index in [-0.39, 0.29) is 0 Å². The van der Waals surface area contributed by atoms with Crippen molar-refractivity contribution in [2.24, 2.45) is 5.92 Å². The summed E-state index contributed by atoms with van der Waals surface area (Å²) in [6, 6.07) is 8.88. The lowest BCUT2D eigenvalue weighted by atomic mass is 9.81. The molecule has 1 aromatic carbocycles. The van der Waals surface area contributed by atoms with Crippen molar-refractivity contribution >= 4 is 15.9 Å². The molecule has 3 rings (SSSR count). The monoisotopic (exact) mass is 308 g/mol. The molecule has 2 heteroatoms. The summed E-state index contributed by atoms with van der Waals surface area (Å²) in [6.45, 7) is 0.982. The zero-order valence-electron chi connectivity index (χ0n) is 10.8. The largest absolute Gasteiger partial charge is 0.378 e. The van der Waals surface area contributed by atoms with Gasteiger partial charge in [0.15, 0.2) is 0 Å². The second-order valence-electron chi connectivity index (χ2n) is 5.61. The zero-order chi connectivity index (χ0) is 12.4. The molecule has 0 saturated carbocycles. The van der Waals surface area contributed by atoms with Crippen LogP contribution in [-0.4, -0.2) is 12.7 Å². The minimum absolute atomic E-state index is 0.543. The molecule has 3 unspecified atom stereocenters. The molecule has 2 aliphatic rings. The van der Waals surface area contributed by atoms with Crippen LogP contribution in [0.4, 0.5) is 0 Å². The number of benzene rings is 1. The third-order valence-electron chi connectivity index (χ3n) is 4.43. The van der Waals surface area contributed by atoms with Gasteiger partial charge in [-0.3, -0.25) is 0 Å². The van der Waals surface area contributed by atoms with Crippen molar-refractivity contribution in [1.82, 2.24) is 0 Å². The van der Waals surface area contributed by atoms with Crippen molar-refractivity contribution in [3.63, 3.8) is 0 Å². The smallest absolute Gasteiger partial charge is 0.0576 e. The van der Waals surface area contributed by atoms with Gasteiger partial charge < -0.3 is 4.74 Å².